The summed E-state index contributed by atoms with van der Waals surface area (Å²) in [6, 6.07) is 8.82. The fourth-order valence-corrected chi connectivity index (χ4v) is 3.01. The third-order valence-electron chi connectivity index (χ3n) is 2.63. The van der Waals surface area contributed by atoms with Crippen molar-refractivity contribution >= 4 is 15.8 Å². The first-order valence-corrected chi connectivity index (χ1v) is 8.36. The van der Waals surface area contributed by atoms with Crippen LogP contribution in [0.2, 0.25) is 0 Å². The van der Waals surface area contributed by atoms with E-state index in [0.717, 1.165) is 0 Å². The van der Waals surface area contributed by atoms with E-state index in [4.69, 9.17) is 0 Å². The number of sulfone groups is 1. The minimum Gasteiger partial charge on any atom is -0.356 e. The molecule has 0 aromatic heterocycles. The van der Waals surface area contributed by atoms with E-state index in [9.17, 15) is 8.42 Å². The van der Waals surface area contributed by atoms with Gasteiger partial charge in [0.15, 0.2) is 15.8 Å². The number of hydrogen-bond donors (Lipinski definition) is 2. The van der Waals surface area contributed by atoms with Gasteiger partial charge in [0.2, 0.25) is 0 Å². The van der Waals surface area contributed by atoms with E-state index in [0.29, 0.717) is 23.8 Å². The van der Waals surface area contributed by atoms with Crippen molar-refractivity contribution in [2.75, 3.05) is 19.3 Å². The third kappa shape index (κ3) is 5.61. The molecule has 0 saturated carbocycles. The predicted octanol–water partition coefficient (Wildman–Crippen LogP) is 1.42. The molecule has 0 radical (unpaired) electrons. The van der Waals surface area contributed by atoms with Crippen LogP contribution in [-0.2, 0) is 9.84 Å². The average Bonchev–Trinajstić information content (AvgIpc) is 2.42. The third-order valence-corrected chi connectivity index (χ3v) is 4.45. The Hall–Kier alpha value is -1.56. The molecule has 0 spiro atoms. The van der Waals surface area contributed by atoms with Crippen LogP contribution < -0.4 is 10.6 Å². The van der Waals surface area contributed by atoms with Crippen LogP contribution in [0.5, 0.6) is 0 Å². The van der Waals surface area contributed by atoms with Gasteiger partial charge < -0.3 is 10.6 Å². The number of hydrogen-bond acceptors (Lipinski definition) is 3. The smallest absolute Gasteiger partial charge is 0.191 e. The minimum atomic E-state index is -3.19. The Kier molecular flexibility index (Phi) is 6.51. The van der Waals surface area contributed by atoms with E-state index in [1.165, 1.54) is 0 Å². The van der Waals surface area contributed by atoms with Gasteiger partial charge >= 0.3 is 0 Å². The number of aliphatic imine (C=N–C) groups is 1. The van der Waals surface area contributed by atoms with Crippen molar-refractivity contribution in [3.05, 3.63) is 30.3 Å². The van der Waals surface area contributed by atoms with E-state index in [1.807, 2.05) is 19.9 Å². The lowest BCUT2D eigenvalue weighted by molar-refractivity contribution is 0.592. The van der Waals surface area contributed by atoms with Crippen molar-refractivity contribution in [2.24, 2.45) is 4.99 Å². The van der Waals surface area contributed by atoms with Gasteiger partial charge in [-0.05, 0) is 32.4 Å². The molecule has 0 aliphatic rings. The van der Waals surface area contributed by atoms with Crippen molar-refractivity contribution in [1.82, 2.24) is 10.6 Å². The Balaban J connectivity index is 2.41. The number of rotatable bonds is 6. The van der Waals surface area contributed by atoms with E-state index in [-0.39, 0.29) is 11.8 Å². The summed E-state index contributed by atoms with van der Waals surface area (Å²) in [5.74, 6) is 0.819. The number of nitrogens with one attached hydrogen (secondary N) is 2. The maximum atomic E-state index is 12.1. The summed E-state index contributed by atoms with van der Waals surface area (Å²) in [7, 11) is -1.50. The SMILES string of the molecule is CN=C(NCCCS(=O)(=O)c1ccccc1)NC(C)C. The Morgan fingerprint density at radius 1 is 1.25 bits per heavy atom. The second kappa shape index (κ2) is 7.89. The zero-order chi connectivity index (χ0) is 15.0. The van der Waals surface area contributed by atoms with Crippen LogP contribution in [0.1, 0.15) is 20.3 Å². The molecule has 1 aromatic carbocycles. The summed E-state index contributed by atoms with van der Waals surface area (Å²) < 4.78 is 24.1. The summed E-state index contributed by atoms with van der Waals surface area (Å²) in [5, 5.41) is 6.25. The molecule has 0 saturated heterocycles. The van der Waals surface area contributed by atoms with Gasteiger partial charge in [-0.1, -0.05) is 18.2 Å². The molecule has 0 fully saturated rings. The molecule has 0 aliphatic carbocycles. The highest BCUT2D eigenvalue weighted by atomic mass is 32.2. The zero-order valence-electron chi connectivity index (χ0n) is 12.3. The largest absolute Gasteiger partial charge is 0.356 e. The molecule has 0 unspecified atom stereocenters. The molecule has 0 aliphatic heterocycles. The van der Waals surface area contributed by atoms with Crippen molar-refractivity contribution in [3.63, 3.8) is 0 Å². The van der Waals surface area contributed by atoms with Crippen LogP contribution in [0.3, 0.4) is 0 Å². The van der Waals surface area contributed by atoms with Crippen LogP contribution in [-0.4, -0.2) is 39.8 Å². The topological polar surface area (TPSA) is 70.6 Å². The van der Waals surface area contributed by atoms with Gasteiger partial charge in [0.05, 0.1) is 10.6 Å². The van der Waals surface area contributed by atoms with Crippen molar-refractivity contribution < 1.29 is 8.42 Å². The van der Waals surface area contributed by atoms with Crippen LogP contribution >= 0.6 is 0 Å². The Morgan fingerprint density at radius 2 is 1.90 bits per heavy atom. The fourth-order valence-electron chi connectivity index (χ4n) is 1.68. The normalized spacial score (nSPS) is 12.5. The highest BCUT2D eigenvalue weighted by Crippen LogP contribution is 2.10. The first-order valence-electron chi connectivity index (χ1n) is 6.70. The molecular formula is C14H23N3O2S. The molecule has 0 heterocycles. The maximum Gasteiger partial charge on any atom is 0.191 e. The standard InChI is InChI=1S/C14H23N3O2S/c1-12(2)17-14(15-3)16-10-7-11-20(18,19)13-8-5-4-6-9-13/h4-6,8-9,12H,7,10-11H2,1-3H3,(H2,15,16,17). The monoisotopic (exact) mass is 297 g/mol. The molecule has 2 N–H and O–H groups in total. The van der Waals surface area contributed by atoms with Crippen LogP contribution in [0, 0.1) is 0 Å². The minimum absolute atomic E-state index is 0.128. The summed E-state index contributed by atoms with van der Waals surface area (Å²) >= 11 is 0. The molecule has 0 amide bonds. The number of nitrogens with zero attached hydrogens (tertiary/aromatic N) is 1. The van der Waals surface area contributed by atoms with E-state index in [2.05, 4.69) is 15.6 Å². The average molecular weight is 297 g/mol. The summed E-state index contributed by atoms with van der Waals surface area (Å²) in [6.45, 7) is 4.61. The lowest BCUT2D eigenvalue weighted by Gasteiger charge is -2.14. The summed E-state index contributed by atoms with van der Waals surface area (Å²) in [6.07, 6.45) is 0.538. The van der Waals surface area contributed by atoms with Gasteiger partial charge in [0, 0.05) is 19.6 Å². The van der Waals surface area contributed by atoms with Crippen molar-refractivity contribution in [3.8, 4) is 0 Å². The lowest BCUT2D eigenvalue weighted by Crippen LogP contribution is -2.41. The Labute approximate surface area is 121 Å². The van der Waals surface area contributed by atoms with Gasteiger partial charge in [-0.2, -0.15) is 0 Å². The molecule has 6 heteroatoms. The van der Waals surface area contributed by atoms with E-state index in [1.54, 1.807) is 31.3 Å². The molecule has 20 heavy (non-hydrogen) atoms. The lowest BCUT2D eigenvalue weighted by atomic mass is 10.4. The quantitative estimate of drug-likeness (QED) is 0.473. The molecule has 5 nitrogen and oxygen atoms in total. The second-order valence-electron chi connectivity index (χ2n) is 4.78. The fraction of sp³-hybridized carbons (Fsp3) is 0.500. The first-order chi connectivity index (χ1) is 9.45. The van der Waals surface area contributed by atoms with Crippen molar-refractivity contribution in [1.29, 1.82) is 0 Å². The van der Waals surface area contributed by atoms with E-state index >= 15 is 0 Å². The highest BCUT2D eigenvalue weighted by molar-refractivity contribution is 7.91. The van der Waals surface area contributed by atoms with Gasteiger partial charge in [-0.15, -0.1) is 0 Å². The predicted molar refractivity (Wildman–Crippen MR) is 82.7 cm³/mol. The molecule has 1 rings (SSSR count). The summed E-state index contributed by atoms with van der Waals surface area (Å²) in [4.78, 5) is 4.44. The molecule has 112 valence electrons. The van der Waals surface area contributed by atoms with Gasteiger partial charge in [-0.25, -0.2) is 8.42 Å². The molecule has 0 bridgehead atoms. The number of guanidine groups is 1. The van der Waals surface area contributed by atoms with Crippen LogP contribution in [0.4, 0.5) is 0 Å². The van der Waals surface area contributed by atoms with Gasteiger partial charge in [0.25, 0.3) is 0 Å². The van der Waals surface area contributed by atoms with Gasteiger partial charge in [-0.3, -0.25) is 4.99 Å². The van der Waals surface area contributed by atoms with Crippen LogP contribution in [0.25, 0.3) is 0 Å². The second-order valence-corrected chi connectivity index (χ2v) is 6.89. The Morgan fingerprint density at radius 3 is 2.45 bits per heavy atom. The van der Waals surface area contributed by atoms with Crippen LogP contribution in [0.15, 0.2) is 40.2 Å². The highest BCUT2D eigenvalue weighted by Gasteiger charge is 2.13. The Bertz CT molecular complexity index is 525. The van der Waals surface area contributed by atoms with E-state index < -0.39 is 9.84 Å². The summed E-state index contributed by atoms with van der Waals surface area (Å²) in [5.41, 5.74) is 0. The molecule has 0 atom stereocenters. The first kappa shape index (κ1) is 16.5. The number of benzene rings is 1. The molecular weight excluding hydrogens is 274 g/mol. The van der Waals surface area contributed by atoms with Gasteiger partial charge in [0.1, 0.15) is 0 Å². The zero-order valence-corrected chi connectivity index (χ0v) is 13.1. The maximum absolute atomic E-state index is 12.1. The van der Waals surface area contributed by atoms with Crippen molar-refractivity contribution in [2.45, 2.75) is 31.2 Å². The molecule has 1 aromatic rings.